The number of nitrogen functional groups attached to an aromatic ring is 1. The number of hydrogen-bond donors (Lipinski definition) is 2. The fraction of sp³-hybridized carbons (Fsp3) is 0.400. The predicted molar refractivity (Wildman–Crippen MR) is 79.4 cm³/mol. The summed E-state index contributed by atoms with van der Waals surface area (Å²) >= 11 is 0. The highest BCUT2D eigenvalue weighted by Gasteiger charge is 2.10. The molecule has 1 unspecified atom stereocenters. The Morgan fingerprint density at radius 1 is 1.32 bits per heavy atom. The van der Waals surface area contributed by atoms with E-state index < -0.39 is 0 Å². The topological polar surface area (TPSA) is 74.2 Å². The second-order valence-corrected chi connectivity index (χ2v) is 4.86. The smallest absolute Gasteiger partial charge is 0.121 e. The van der Waals surface area contributed by atoms with Crippen molar-refractivity contribution in [1.29, 1.82) is 0 Å². The molecule has 2 aromatic rings. The summed E-state index contributed by atoms with van der Waals surface area (Å²) in [6, 6.07) is 7.87. The molecule has 2 rings (SSSR count). The highest BCUT2D eigenvalue weighted by Crippen LogP contribution is 2.28. The Kier molecular flexibility index (Phi) is 4.22. The van der Waals surface area contributed by atoms with E-state index in [0.717, 1.165) is 41.7 Å². The molecule has 4 heteroatoms. The van der Waals surface area contributed by atoms with Gasteiger partial charge in [-0.1, -0.05) is 13.0 Å². The summed E-state index contributed by atoms with van der Waals surface area (Å²) in [4.78, 5) is 4.68. The van der Waals surface area contributed by atoms with Crippen molar-refractivity contribution < 1.29 is 4.74 Å². The molecular weight excluding hydrogens is 238 g/mol. The van der Waals surface area contributed by atoms with Gasteiger partial charge in [-0.05, 0) is 37.4 Å². The summed E-state index contributed by atoms with van der Waals surface area (Å²) in [5.41, 5.74) is 14.2. The molecule has 1 aromatic heterocycles. The Balaban J connectivity index is 2.37. The van der Waals surface area contributed by atoms with Crippen LogP contribution in [0, 0.1) is 0 Å². The minimum atomic E-state index is 0.398. The minimum Gasteiger partial charge on any atom is -0.497 e. The lowest BCUT2D eigenvalue weighted by Gasteiger charge is -2.12. The quantitative estimate of drug-likeness (QED) is 0.809. The van der Waals surface area contributed by atoms with Gasteiger partial charge in [-0.2, -0.15) is 0 Å². The van der Waals surface area contributed by atoms with E-state index in [2.05, 4.69) is 24.0 Å². The number of hydrogen-bond acceptors (Lipinski definition) is 4. The zero-order valence-electron chi connectivity index (χ0n) is 11.5. The van der Waals surface area contributed by atoms with E-state index in [1.54, 1.807) is 7.11 Å². The van der Waals surface area contributed by atoms with Gasteiger partial charge in [0.2, 0.25) is 0 Å². The van der Waals surface area contributed by atoms with E-state index in [1.807, 2.05) is 12.1 Å². The normalized spacial score (nSPS) is 12.6. The predicted octanol–water partition coefficient (Wildman–Crippen LogP) is 2.67. The van der Waals surface area contributed by atoms with Crippen molar-refractivity contribution in [3.8, 4) is 5.75 Å². The molecule has 0 aliphatic carbocycles. The molecule has 4 nitrogen and oxygen atoms in total. The lowest BCUT2D eigenvalue weighted by Crippen LogP contribution is -2.04. The molecule has 0 aliphatic rings. The number of nitrogens with two attached hydrogens (primary N) is 2. The first-order valence-corrected chi connectivity index (χ1v) is 6.60. The maximum absolute atomic E-state index is 6.04. The second-order valence-electron chi connectivity index (χ2n) is 4.86. The molecular formula is C15H21N3O. The maximum Gasteiger partial charge on any atom is 0.121 e. The average Bonchev–Trinajstić information content (AvgIpc) is 2.44. The molecule has 0 bridgehead atoms. The van der Waals surface area contributed by atoms with Gasteiger partial charge in [0.15, 0.2) is 0 Å². The van der Waals surface area contributed by atoms with Crippen LogP contribution < -0.4 is 16.2 Å². The van der Waals surface area contributed by atoms with E-state index in [9.17, 15) is 0 Å². The van der Waals surface area contributed by atoms with Gasteiger partial charge in [0.1, 0.15) is 5.75 Å². The van der Waals surface area contributed by atoms with Crippen LogP contribution in [0.25, 0.3) is 10.9 Å². The molecule has 0 amide bonds. The van der Waals surface area contributed by atoms with Crippen molar-refractivity contribution in [3.63, 3.8) is 0 Å². The SMILES string of the molecule is COc1cc(N)c2nc(C(C)CCCN)ccc2c1. The number of aromatic nitrogens is 1. The molecule has 0 fully saturated rings. The fourth-order valence-corrected chi connectivity index (χ4v) is 2.21. The number of fused-ring (bicyclic) bond motifs is 1. The first kappa shape index (κ1) is 13.6. The Labute approximate surface area is 113 Å². The van der Waals surface area contributed by atoms with Crippen LogP contribution in [0.3, 0.4) is 0 Å². The Morgan fingerprint density at radius 2 is 2.11 bits per heavy atom. The van der Waals surface area contributed by atoms with Crippen LogP contribution in [0.4, 0.5) is 5.69 Å². The van der Waals surface area contributed by atoms with Gasteiger partial charge >= 0.3 is 0 Å². The first-order chi connectivity index (χ1) is 9.15. The number of rotatable bonds is 5. The fourth-order valence-electron chi connectivity index (χ4n) is 2.21. The summed E-state index contributed by atoms with van der Waals surface area (Å²) in [6.07, 6.45) is 2.06. The number of nitrogens with zero attached hydrogens (tertiary/aromatic N) is 1. The summed E-state index contributed by atoms with van der Waals surface area (Å²) in [6.45, 7) is 2.89. The molecule has 0 saturated heterocycles. The molecule has 0 radical (unpaired) electrons. The number of ether oxygens (including phenoxy) is 1. The zero-order valence-corrected chi connectivity index (χ0v) is 11.5. The molecule has 1 atom stereocenters. The van der Waals surface area contributed by atoms with E-state index in [4.69, 9.17) is 16.2 Å². The van der Waals surface area contributed by atoms with Crippen molar-refractivity contribution in [1.82, 2.24) is 4.98 Å². The van der Waals surface area contributed by atoms with Crippen LogP contribution in [-0.4, -0.2) is 18.6 Å². The summed E-state index contributed by atoms with van der Waals surface area (Å²) < 4.78 is 5.21. The van der Waals surface area contributed by atoms with Crippen LogP contribution in [-0.2, 0) is 0 Å². The van der Waals surface area contributed by atoms with Gasteiger partial charge in [-0.25, -0.2) is 0 Å². The average molecular weight is 259 g/mol. The lowest BCUT2D eigenvalue weighted by molar-refractivity contribution is 0.415. The van der Waals surface area contributed by atoms with Crippen molar-refractivity contribution in [2.45, 2.75) is 25.7 Å². The number of pyridine rings is 1. The molecule has 1 aromatic carbocycles. The van der Waals surface area contributed by atoms with Crippen molar-refractivity contribution in [3.05, 3.63) is 30.0 Å². The summed E-state index contributed by atoms with van der Waals surface area (Å²) in [7, 11) is 1.64. The van der Waals surface area contributed by atoms with Gasteiger partial charge in [0, 0.05) is 17.1 Å². The maximum atomic E-state index is 6.04. The van der Waals surface area contributed by atoms with Crippen molar-refractivity contribution in [2.75, 3.05) is 19.4 Å². The Morgan fingerprint density at radius 3 is 2.79 bits per heavy atom. The third-order valence-electron chi connectivity index (χ3n) is 3.40. The van der Waals surface area contributed by atoms with Gasteiger partial charge in [-0.3, -0.25) is 4.98 Å². The van der Waals surface area contributed by atoms with Crippen LogP contribution in [0.1, 0.15) is 31.4 Å². The highest BCUT2D eigenvalue weighted by molar-refractivity contribution is 5.90. The lowest BCUT2D eigenvalue weighted by atomic mass is 10.00. The zero-order chi connectivity index (χ0) is 13.8. The van der Waals surface area contributed by atoms with E-state index in [0.29, 0.717) is 11.6 Å². The number of benzene rings is 1. The molecule has 0 aliphatic heterocycles. The van der Waals surface area contributed by atoms with Gasteiger partial charge < -0.3 is 16.2 Å². The Hall–Kier alpha value is -1.81. The number of anilines is 1. The molecule has 102 valence electrons. The number of methoxy groups -OCH3 is 1. The van der Waals surface area contributed by atoms with Crippen LogP contribution in [0.2, 0.25) is 0 Å². The van der Waals surface area contributed by atoms with E-state index >= 15 is 0 Å². The first-order valence-electron chi connectivity index (χ1n) is 6.60. The largest absolute Gasteiger partial charge is 0.497 e. The third kappa shape index (κ3) is 2.96. The van der Waals surface area contributed by atoms with Crippen molar-refractivity contribution in [2.24, 2.45) is 5.73 Å². The Bertz CT molecular complexity index is 569. The van der Waals surface area contributed by atoms with Gasteiger partial charge in [0.05, 0.1) is 18.3 Å². The van der Waals surface area contributed by atoms with Crippen molar-refractivity contribution >= 4 is 16.6 Å². The van der Waals surface area contributed by atoms with Crippen LogP contribution in [0.15, 0.2) is 24.3 Å². The van der Waals surface area contributed by atoms with Crippen LogP contribution in [0.5, 0.6) is 5.75 Å². The molecule has 4 N–H and O–H groups in total. The van der Waals surface area contributed by atoms with Crippen LogP contribution >= 0.6 is 0 Å². The molecule has 19 heavy (non-hydrogen) atoms. The van der Waals surface area contributed by atoms with E-state index in [-0.39, 0.29) is 0 Å². The second kappa shape index (κ2) is 5.89. The summed E-state index contributed by atoms with van der Waals surface area (Å²) in [5.74, 6) is 1.16. The minimum absolute atomic E-state index is 0.398. The standard InChI is InChI=1S/C15H21N3O/c1-10(4-3-7-16)14-6-5-11-8-12(19-2)9-13(17)15(11)18-14/h5-6,8-10H,3-4,7,16-17H2,1-2H3. The highest BCUT2D eigenvalue weighted by atomic mass is 16.5. The van der Waals surface area contributed by atoms with E-state index in [1.165, 1.54) is 0 Å². The third-order valence-corrected chi connectivity index (χ3v) is 3.40. The molecule has 1 heterocycles. The monoisotopic (exact) mass is 259 g/mol. The summed E-state index contributed by atoms with van der Waals surface area (Å²) in [5, 5.41) is 1.01. The van der Waals surface area contributed by atoms with Gasteiger partial charge in [0.25, 0.3) is 0 Å². The van der Waals surface area contributed by atoms with Gasteiger partial charge in [-0.15, -0.1) is 0 Å². The molecule has 0 saturated carbocycles. The molecule has 0 spiro atoms.